The van der Waals surface area contributed by atoms with Crippen LogP contribution >= 0.6 is 15.9 Å². The number of rotatable bonds is 4. The molecule has 1 aromatic rings. The number of pyridine rings is 1. The van der Waals surface area contributed by atoms with E-state index in [-0.39, 0.29) is 0 Å². The summed E-state index contributed by atoms with van der Waals surface area (Å²) in [5.41, 5.74) is 6.25. The van der Waals surface area contributed by atoms with Gasteiger partial charge in [-0.2, -0.15) is 0 Å². The predicted molar refractivity (Wildman–Crippen MR) is 61.6 cm³/mol. The maximum Gasteiger partial charge on any atom is 0.308 e. The van der Waals surface area contributed by atoms with Crippen LogP contribution in [0.2, 0.25) is 0 Å². The second kappa shape index (κ2) is 4.97. The predicted octanol–water partition coefficient (Wildman–Crippen LogP) is 1.56. The Hall–Kier alpha value is -1.30. The molecule has 0 saturated heterocycles. The van der Waals surface area contributed by atoms with Gasteiger partial charge >= 0.3 is 5.97 Å². The number of carboxylic acids is 1. The van der Waals surface area contributed by atoms with Gasteiger partial charge in [0, 0.05) is 17.2 Å². The first-order valence-corrected chi connectivity index (χ1v) is 5.17. The number of nitrogens with zero attached hydrogens (tertiary/aromatic N) is 1. The number of anilines is 2. The fourth-order valence-electron chi connectivity index (χ4n) is 0.942. The van der Waals surface area contributed by atoms with Crippen molar-refractivity contribution in [2.75, 3.05) is 17.6 Å². The van der Waals surface area contributed by atoms with Crippen molar-refractivity contribution in [1.82, 2.24) is 4.98 Å². The van der Waals surface area contributed by atoms with E-state index in [0.29, 0.717) is 18.1 Å². The molecule has 1 aromatic heterocycles. The standard InChI is InChI=1S/C9H12BrN3O2/c1-5(9(14)15)3-12-7-2-6(10)4-13-8(7)11/h2,4-5,12H,3H2,1H3,(H2,11,13)(H,14,15)/t5-/m1/s1. The summed E-state index contributed by atoms with van der Waals surface area (Å²) in [6.07, 6.45) is 1.58. The minimum absolute atomic E-state index is 0.317. The molecule has 5 nitrogen and oxygen atoms in total. The van der Waals surface area contributed by atoms with Gasteiger partial charge in [-0.15, -0.1) is 0 Å². The highest BCUT2D eigenvalue weighted by molar-refractivity contribution is 9.10. The van der Waals surface area contributed by atoms with Crippen LogP contribution in [0.5, 0.6) is 0 Å². The lowest BCUT2D eigenvalue weighted by Crippen LogP contribution is -2.20. The van der Waals surface area contributed by atoms with Gasteiger partial charge in [-0.25, -0.2) is 4.98 Å². The molecule has 0 spiro atoms. The number of aliphatic carboxylic acids is 1. The van der Waals surface area contributed by atoms with Crippen molar-refractivity contribution >= 4 is 33.4 Å². The fourth-order valence-corrected chi connectivity index (χ4v) is 1.27. The Kier molecular flexibility index (Phi) is 3.90. The zero-order chi connectivity index (χ0) is 11.4. The van der Waals surface area contributed by atoms with E-state index in [4.69, 9.17) is 10.8 Å². The molecule has 0 aliphatic carbocycles. The average molecular weight is 274 g/mol. The average Bonchev–Trinajstić information content (AvgIpc) is 2.18. The Morgan fingerprint density at radius 3 is 3.07 bits per heavy atom. The number of nitrogens with one attached hydrogen (secondary N) is 1. The molecule has 1 atom stereocenters. The van der Waals surface area contributed by atoms with Crippen molar-refractivity contribution < 1.29 is 9.90 Å². The number of carbonyl (C=O) groups is 1. The summed E-state index contributed by atoms with van der Waals surface area (Å²) in [4.78, 5) is 14.5. The molecule has 0 aromatic carbocycles. The van der Waals surface area contributed by atoms with Gasteiger partial charge in [-0.1, -0.05) is 6.92 Å². The quantitative estimate of drug-likeness (QED) is 0.775. The van der Waals surface area contributed by atoms with Crippen LogP contribution in [-0.4, -0.2) is 22.6 Å². The van der Waals surface area contributed by atoms with E-state index in [9.17, 15) is 4.79 Å². The van der Waals surface area contributed by atoms with Crippen LogP contribution in [0, 0.1) is 5.92 Å². The minimum atomic E-state index is -0.843. The van der Waals surface area contributed by atoms with Gasteiger partial charge in [0.1, 0.15) is 5.82 Å². The summed E-state index contributed by atoms with van der Waals surface area (Å²) < 4.78 is 0.794. The second-order valence-electron chi connectivity index (χ2n) is 3.21. The summed E-state index contributed by atoms with van der Waals surface area (Å²) in [5, 5.41) is 11.6. The summed E-state index contributed by atoms with van der Waals surface area (Å²) >= 11 is 3.26. The topological polar surface area (TPSA) is 88.2 Å². The number of nitrogen functional groups attached to an aromatic ring is 1. The van der Waals surface area contributed by atoms with Crippen molar-refractivity contribution in [2.24, 2.45) is 5.92 Å². The van der Waals surface area contributed by atoms with Crippen LogP contribution < -0.4 is 11.1 Å². The summed E-state index contributed by atoms with van der Waals surface area (Å²) in [6.45, 7) is 1.94. The number of carboxylic acid groups (broad SMARTS) is 1. The van der Waals surface area contributed by atoms with E-state index < -0.39 is 11.9 Å². The number of hydrogen-bond donors (Lipinski definition) is 3. The number of nitrogens with two attached hydrogens (primary N) is 1. The normalized spacial score (nSPS) is 12.1. The largest absolute Gasteiger partial charge is 0.481 e. The van der Waals surface area contributed by atoms with Gasteiger partial charge in [-0.05, 0) is 22.0 Å². The molecule has 6 heteroatoms. The van der Waals surface area contributed by atoms with Gasteiger partial charge in [0.2, 0.25) is 0 Å². The molecule has 0 aliphatic heterocycles. The van der Waals surface area contributed by atoms with E-state index in [1.807, 2.05) is 0 Å². The lowest BCUT2D eigenvalue weighted by atomic mass is 10.2. The Balaban J connectivity index is 2.65. The third kappa shape index (κ3) is 3.39. The first-order chi connectivity index (χ1) is 7.00. The molecule has 0 saturated carbocycles. The third-order valence-corrected chi connectivity index (χ3v) is 2.34. The monoisotopic (exact) mass is 273 g/mol. The molecule has 1 rings (SSSR count). The maximum atomic E-state index is 10.6. The highest BCUT2D eigenvalue weighted by atomic mass is 79.9. The molecular formula is C9H12BrN3O2. The lowest BCUT2D eigenvalue weighted by molar-refractivity contribution is -0.140. The molecular weight excluding hydrogens is 262 g/mol. The Labute approximate surface area is 95.8 Å². The van der Waals surface area contributed by atoms with E-state index >= 15 is 0 Å². The van der Waals surface area contributed by atoms with Gasteiger partial charge in [-0.3, -0.25) is 4.79 Å². The zero-order valence-electron chi connectivity index (χ0n) is 8.20. The molecule has 0 amide bonds. The maximum absolute atomic E-state index is 10.6. The van der Waals surface area contributed by atoms with Gasteiger partial charge in [0.15, 0.2) is 0 Å². The van der Waals surface area contributed by atoms with Crippen molar-refractivity contribution in [3.63, 3.8) is 0 Å². The molecule has 0 radical (unpaired) electrons. The SMILES string of the molecule is C[C@H](CNc1cc(Br)cnc1N)C(=O)O. The van der Waals surface area contributed by atoms with E-state index in [1.54, 1.807) is 19.2 Å². The van der Waals surface area contributed by atoms with Crippen LogP contribution in [0.15, 0.2) is 16.7 Å². The molecule has 4 N–H and O–H groups in total. The van der Waals surface area contributed by atoms with Crippen LogP contribution in [0.4, 0.5) is 11.5 Å². The van der Waals surface area contributed by atoms with E-state index in [2.05, 4.69) is 26.2 Å². The zero-order valence-corrected chi connectivity index (χ0v) is 9.78. The summed E-state index contributed by atoms with van der Waals surface area (Å²) in [6, 6.07) is 1.76. The smallest absolute Gasteiger partial charge is 0.308 e. The Morgan fingerprint density at radius 1 is 1.80 bits per heavy atom. The molecule has 15 heavy (non-hydrogen) atoms. The van der Waals surface area contributed by atoms with Crippen LogP contribution in [0.1, 0.15) is 6.92 Å². The first-order valence-electron chi connectivity index (χ1n) is 4.38. The highest BCUT2D eigenvalue weighted by Crippen LogP contribution is 2.20. The molecule has 0 fully saturated rings. The van der Waals surface area contributed by atoms with Crippen molar-refractivity contribution in [3.05, 3.63) is 16.7 Å². The van der Waals surface area contributed by atoms with Crippen molar-refractivity contribution in [1.29, 1.82) is 0 Å². The lowest BCUT2D eigenvalue weighted by Gasteiger charge is -2.11. The third-order valence-electron chi connectivity index (χ3n) is 1.91. The molecule has 1 heterocycles. The van der Waals surface area contributed by atoms with Crippen LogP contribution in [0.25, 0.3) is 0 Å². The highest BCUT2D eigenvalue weighted by Gasteiger charge is 2.11. The summed E-state index contributed by atoms with van der Waals surface area (Å²) in [7, 11) is 0. The second-order valence-corrected chi connectivity index (χ2v) is 4.12. The summed E-state index contributed by atoms with van der Waals surface area (Å²) in [5.74, 6) is -0.955. The molecule has 82 valence electrons. The first kappa shape index (κ1) is 11.8. The van der Waals surface area contributed by atoms with Gasteiger partial charge < -0.3 is 16.2 Å². The minimum Gasteiger partial charge on any atom is -0.481 e. The van der Waals surface area contributed by atoms with Crippen LogP contribution in [0.3, 0.4) is 0 Å². The molecule has 0 aliphatic rings. The number of hydrogen-bond acceptors (Lipinski definition) is 4. The van der Waals surface area contributed by atoms with Gasteiger partial charge in [0.25, 0.3) is 0 Å². The van der Waals surface area contributed by atoms with Crippen LogP contribution in [-0.2, 0) is 4.79 Å². The van der Waals surface area contributed by atoms with E-state index in [0.717, 1.165) is 4.47 Å². The fraction of sp³-hybridized carbons (Fsp3) is 0.333. The number of halogens is 1. The van der Waals surface area contributed by atoms with E-state index in [1.165, 1.54) is 0 Å². The molecule has 0 unspecified atom stereocenters. The van der Waals surface area contributed by atoms with Crippen molar-refractivity contribution in [2.45, 2.75) is 6.92 Å². The Bertz CT molecular complexity index is 370. The molecule has 0 bridgehead atoms. The van der Waals surface area contributed by atoms with Gasteiger partial charge in [0.05, 0.1) is 11.6 Å². The van der Waals surface area contributed by atoms with Crippen molar-refractivity contribution in [3.8, 4) is 0 Å². The Morgan fingerprint density at radius 2 is 2.47 bits per heavy atom. The number of aromatic nitrogens is 1.